The fraction of sp³-hybridized carbons (Fsp3) is 0.200. The number of nitrogens with one attached hydrogen (secondary N) is 1. The molecule has 0 saturated heterocycles. The number of amides is 2. The van der Waals surface area contributed by atoms with Gasteiger partial charge in [-0.05, 0) is 23.6 Å². The highest BCUT2D eigenvalue weighted by molar-refractivity contribution is 7.12. The zero-order valence-electron chi connectivity index (χ0n) is 11.4. The third-order valence-corrected chi connectivity index (χ3v) is 4.16. The molecule has 2 amide bonds. The number of nitrogens with zero attached hydrogens (tertiary/aromatic N) is 1. The quantitative estimate of drug-likeness (QED) is 0.942. The Morgan fingerprint density at radius 2 is 2.14 bits per heavy atom. The van der Waals surface area contributed by atoms with Crippen molar-refractivity contribution in [2.45, 2.75) is 6.10 Å². The Bertz CT molecular complexity index is 669. The van der Waals surface area contributed by atoms with Crippen LogP contribution >= 0.6 is 11.3 Å². The maximum Gasteiger partial charge on any atom is 0.269 e. The number of fused-ring (bicyclic) bond motifs is 1. The summed E-state index contributed by atoms with van der Waals surface area (Å²) in [6.45, 7) is 0.147. The fourth-order valence-electron chi connectivity index (χ4n) is 2.18. The first-order valence-electron chi connectivity index (χ1n) is 6.52. The van der Waals surface area contributed by atoms with Crippen LogP contribution in [0.5, 0.6) is 5.75 Å². The van der Waals surface area contributed by atoms with Crippen LogP contribution < -0.4 is 15.0 Å². The Morgan fingerprint density at radius 1 is 1.33 bits per heavy atom. The van der Waals surface area contributed by atoms with Crippen molar-refractivity contribution in [1.29, 1.82) is 0 Å². The van der Waals surface area contributed by atoms with E-state index in [1.54, 1.807) is 18.0 Å². The number of para-hydroxylation sites is 2. The van der Waals surface area contributed by atoms with Gasteiger partial charge in [0.05, 0.1) is 17.1 Å². The second kappa shape index (κ2) is 5.57. The van der Waals surface area contributed by atoms with Gasteiger partial charge in [0.25, 0.3) is 11.8 Å². The van der Waals surface area contributed by atoms with E-state index >= 15 is 0 Å². The molecule has 0 bridgehead atoms. The second-order valence-electron chi connectivity index (χ2n) is 4.66. The van der Waals surface area contributed by atoms with Gasteiger partial charge in [-0.3, -0.25) is 9.59 Å². The summed E-state index contributed by atoms with van der Waals surface area (Å²) in [7, 11) is 1.71. The van der Waals surface area contributed by atoms with Crippen molar-refractivity contribution >= 4 is 28.8 Å². The first-order chi connectivity index (χ1) is 10.2. The molecule has 0 spiro atoms. The normalized spacial score (nSPS) is 17.1. The molecule has 1 aliphatic heterocycles. The molecule has 108 valence electrons. The van der Waals surface area contributed by atoms with E-state index in [0.717, 1.165) is 5.69 Å². The molecule has 2 heterocycles. The van der Waals surface area contributed by atoms with Crippen molar-refractivity contribution in [3.05, 3.63) is 46.7 Å². The SMILES string of the molecule is CN1C(=O)C(CNC(=O)c2cccs2)Oc2ccccc21. The Morgan fingerprint density at radius 3 is 2.90 bits per heavy atom. The van der Waals surface area contributed by atoms with Crippen LogP contribution in [-0.2, 0) is 4.79 Å². The zero-order valence-corrected chi connectivity index (χ0v) is 12.2. The number of hydrogen-bond donors (Lipinski definition) is 1. The van der Waals surface area contributed by atoms with Gasteiger partial charge < -0.3 is 15.0 Å². The molecule has 1 aromatic carbocycles. The second-order valence-corrected chi connectivity index (χ2v) is 5.61. The van der Waals surface area contributed by atoms with Crippen molar-refractivity contribution in [1.82, 2.24) is 5.32 Å². The lowest BCUT2D eigenvalue weighted by Gasteiger charge is -2.31. The van der Waals surface area contributed by atoms with Crippen LogP contribution in [-0.4, -0.2) is 31.5 Å². The molecule has 0 radical (unpaired) electrons. The lowest BCUT2D eigenvalue weighted by atomic mass is 10.2. The summed E-state index contributed by atoms with van der Waals surface area (Å²) in [6, 6.07) is 10.9. The maximum absolute atomic E-state index is 12.2. The number of rotatable bonds is 3. The molecule has 3 rings (SSSR count). The molecule has 1 N–H and O–H groups in total. The van der Waals surface area contributed by atoms with Gasteiger partial charge >= 0.3 is 0 Å². The van der Waals surface area contributed by atoms with E-state index in [0.29, 0.717) is 10.6 Å². The van der Waals surface area contributed by atoms with Gasteiger partial charge in [-0.2, -0.15) is 0 Å². The third-order valence-electron chi connectivity index (χ3n) is 3.29. The minimum absolute atomic E-state index is 0.147. The maximum atomic E-state index is 12.2. The van der Waals surface area contributed by atoms with Crippen LogP contribution in [0.4, 0.5) is 5.69 Å². The topological polar surface area (TPSA) is 58.6 Å². The van der Waals surface area contributed by atoms with Gasteiger partial charge in [0.2, 0.25) is 0 Å². The monoisotopic (exact) mass is 302 g/mol. The average molecular weight is 302 g/mol. The zero-order chi connectivity index (χ0) is 14.8. The number of carbonyl (C=O) groups excluding carboxylic acids is 2. The van der Waals surface area contributed by atoms with Crippen LogP contribution in [0.3, 0.4) is 0 Å². The van der Waals surface area contributed by atoms with Crippen molar-refractivity contribution in [3.8, 4) is 5.75 Å². The fourth-order valence-corrected chi connectivity index (χ4v) is 2.82. The minimum atomic E-state index is -0.700. The molecule has 5 nitrogen and oxygen atoms in total. The number of anilines is 1. The summed E-state index contributed by atoms with van der Waals surface area (Å²) in [6.07, 6.45) is -0.700. The van der Waals surface area contributed by atoms with E-state index in [1.165, 1.54) is 11.3 Å². The molecular formula is C15H14N2O3S. The predicted octanol–water partition coefficient (Wildman–Crippen LogP) is 1.90. The molecule has 1 aromatic heterocycles. The van der Waals surface area contributed by atoms with E-state index in [2.05, 4.69) is 5.32 Å². The van der Waals surface area contributed by atoms with Crippen LogP contribution in [0.25, 0.3) is 0 Å². The summed E-state index contributed by atoms with van der Waals surface area (Å²) in [5.74, 6) is 0.290. The van der Waals surface area contributed by atoms with Crippen molar-refractivity contribution in [3.63, 3.8) is 0 Å². The van der Waals surface area contributed by atoms with Gasteiger partial charge in [0.1, 0.15) is 5.75 Å². The third kappa shape index (κ3) is 2.62. The smallest absolute Gasteiger partial charge is 0.269 e. The number of benzene rings is 1. The molecular weight excluding hydrogens is 288 g/mol. The molecule has 1 unspecified atom stereocenters. The van der Waals surface area contributed by atoms with E-state index in [1.807, 2.05) is 35.7 Å². The number of carbonyl (C=O) groups is 2. The molecule has 0 aliphatic carbocycles. The molecule has 1 atom stereocenters. The number of likely N-dealkylation sites (N-methyl/N-ethyl adjacent to an activating group) is 1. The van der Waals surface area contributed by atoms with Crippen LogP contribution in [0.15, 0.2) is 41.8 Å². The Hall–Kier alpha value is -2.34. The molecule has 0 fully saturated rings. The van der Waals surface area contributed by atoms with Crippen molar-refractivity contribution in [2.75, 3.05) is 18.5 Å². The van der Waals surface area contributed by atoms with E-state index < -0.39 is 6.10 Å². The van der Waals surface area contributed by atoms with Gasteiger partial charge in [-0.15, -0.1) is 11.3 Å². The van der Waals surface area contributed by atoms with Gasteiger partial charge in [-0.1, -0.05) is 18.2 Å². The number of thiophene rings is 1. The molecule has 2 aromatic rings. The van der Waals surface area contributed by atoms with Gasteiger partial charge in [0, 0.05) is 7.05 Å². The predicted molar refractivity (Wildman–Crippen MR) is 80.9 cm³/mol. The highest BCUT2D eigenvalue weighted by atomic mass is 32.1. The summed E-state index contributed by atoms with van der Waals surface area (Å²) in [5, 5.41) is 4.57. The largest absolute Gasteiger partial charge is 0.477 e. The lowest BCUT2D eigenvalue weighted by Crippen LogP contribution is -2.49. The van der Waals surface area contributed by atoms with Crippen molar-refractivity contribution < 1.29 is 14.3 Å². The number of hydrogen-bond acceptors (Lipinski definition) is 4. The molecule has 6 heteroatoms. The number of ether oxygens (including phenoxy) is 1. The minimum Gasteiger partial charge on any atom is -0.477 e. The molecule has 0 saturated carbocycles. The molecule has 21 heavy (non-hydrogen) atoms. The van der Waals surface area contributed by atoms with Gasteiger partial charge in [0.15, 0.2) is 6.10 Å². The summed E-state index contributed by atoms with van der Waals surface area (Å²) < 4.78 is 5.68. The van der Waals surface area contributed by atoms with E-state index in [9.17, 15) is 9.59 Å². The summed E-state index contributed by atoms with van der Waals surface area (Å²) in [4.78, 5) is 26.3. The van der Waals surface area contributed by atoms with Crippen molar-refractivity contribution in [2.24, 2.45) is 0 Å². The first kappa shape index (κ1) is 13.6. The van der Waals surface area contributed by atoms with Gasteiger partial charge in [-0.25, -0.2) is 0 Å². The standard InChI is InChI=1S/C15H14N2O3S/c1-17-10-5-2-3-6-11(10)20-12(15(17)19)9-16-14(18)13-7-4-8-21-13/h2-8,12H,9H2,1H3,(H,16,18). The van der Waals surface area contributed by atoms with Crippen LogP contribution in [0.2, 0.25) is 0 Å². The average Bonchev–Trinajstić information content (AvgIpc) is 3.03. The molecule has 1 aliphatic rings. The summed E-state index contributed by atoms with van der Waals surface area (Å²) in [5.41, 5.74) is 0.739. The summed E-state index contributed by atoms with van der Waals surface area (Å²) >= 11 is 1.36. The lowest BCUT2D eigenvalue weighted by molar-refractivity contribution is -0.125. The Balaban J connectivity index is 1.70. The van der Waals surface area contributed by atoms with E-state index in [-0.39, 0.29) is 18.4 Å². The Kier molecular flexibility index (Phi) is 3.62. The van der Waals surface area contributed by atoms with Crippen LogP contribution in [0.1, 0.15) is 9.67 Å². The first-order valence-corrected chi connectivity index (χ1v) is 7.40. The highest BCUT2D eigenvalue weighted by Gasteiger charge is 2.32. The van der Waals surface area contributed by atoms with E-state index in [4.69, 9.17) is 4.74 Å². The Labute approximate surface area is 126 Å². The highest BCUT2D eigenvalue weighted by Crippen LogP contribution is 2.32. The van der Waals surface area contributed by atoms with Crippen LogP contribution in [0, 0.1) is 0 Å².